The zero-order valence-electron chi connectivity index (χ0n) is 30.5. The quantitative estimate of drug-likeness (QED) is 0.147. The van der Waals surface area contributed by atoms with Crippen LogP contribution in [0.5, 0.6) is 0 Å². The molecule has 2 aliphatic heterocycles. The third-order valence-electron chi connectivity index (χ3n) is 7.36. The topological polar surface area (TPSA) is 18.5 Å². The third-order valence-corrected chi connectivity index (χ3v) is 9.19. The summed E-state index contributed by atoms with van der Waals surface area (Å²) < 4.78 is 10.6. The fraction of sp³-hybridized carbons (Fsp3) is 0.200. The summed E-state index contributed by atoms with van der Waals surface area (Å²) in [4.78, 5) is 0. The van der Waals surface area contributed by atoms with Crippen molar-refractivity contribution >= 4 is 49.7 Å². The molecular formula is C40H42Cl6O2Si2Zr3+4. The van der Waals surface area contributed by atoms with Crippen molar-refractivity contribution in [3.8, 4) is 0 Å². The number of ether oxygens (including phenoxy) is 2. The summed E-state index contributed by atoms with van der Waals surface area (Å²) in [6.07, 6.45) is 12.8. The van der Waals surface area contributed by atoms with Gasteiger partial charge in [0, 0.05) is 33.5 Å². The molecular weight excluding hydrogens is 1060 g/mol. The van der Waals surface area contributed by atoms with Gasteiger partial charge >= 0.3 is 78.6 Å². The number of allylic oxidation sites excluding steroid dienone is 6. The second-order valence-corrected chi connectivity index (χ2v) is 17.0. The molecule has 4 aliphatic rings. The molecule has 2 heterocycles. The predicted octanol–water partition coefficient (Wildman–Crippen LogP) is -8.44. The molecule has 8 rings (SSSR count). The Labute approximate surface area is 414 Å². The molecule has 4 aromatic carbocycles. The standard InChI is InChI=1S/2C10H12OSi.2C10H9.6ClH.3Zr/c1-12(2)7-8-3-9-5-11-6-10(9)4-8;1-12(2)7-8-5-9-3-4-11-10(9)6-8;2*1-8-6-9-4-2-3-5-10(9)7-8;;;;;;;;;/h3-5,7H,6H2,1-2H3;3,5-7H,4H2,1-2H3;2*2-7H,1H3;6*1H;;;/q;;2*-1;;;;;;;3*+4/p-6. The fourth-order valence-corrected chi connectivity index (χ4v) is 7.20. The Bertz CT molecular complexity index is 1740. The molecule has 2 nitrogen and oxygen atoms in total. The first-order valence-electron chi connectivity index (χ1n) is 15.3. The molecule has 0 N–H and O–H groups in total. The van der Waals surface area contributed by atoms with E-state index in [1.807, 2.05) is 6.26 Å². The summed E-state index contributed by atoms with van der Waals surface area (Å²) in [5.41, 5.74) is 14.0. The van der Waals surface area contributed by atoms with E-state index in [4.69, 9.17) is 9.47 Å². The maximum atomic E-state index is 5.40. The smallest absolute Gasteiger partial charge is 1.00 e. The van der Waals surface area contributed by atoms with Crippen LogP contribution in [0.2, 0.25) is 26.2 Å². The number of halogens is 6. The van der Waals surface area contributed by atoms with Gasteiger partial charge in [-0.05, 0) is 41.5 Å². The van der Waals surface area contributed by atoms with Gasteiger partial charge in [0.15, 0.2) is 0 Å². The van der Waals surface area contributed by atoms with Crippen molar-refractivity contribution in [3.63, 3.8) is 0 Å². The molecule has 0 saturated carbocycles. The average Bonchev–Trinajstić information content (AvgIpc) is 3.78. The maximum Gasteiger partial charge on any atom is 4.00 e. The molecule has 0 spiro atoms. The van der Waals surface area contributed by atoms with Crippen LogP contribution in [0.1, 0.15) is 11.1 Å². The van der Waals surface area contributed by atoms with E-state index < -0.39 is 0 Å². The van der Waals surface area contributed by atoms with E-state index in [1.165, 1.54) is 60.5 Å². The Morgan fingerprint density at radius 1 is 0.604 bits per heavy atom. The number of fused-ring (bicyclic) bond motifs is 4. The Morgan fingerprint density at radius 2 is 1.06 bits per heavy atom. The van der Waals surface area contributed by atoms with Crippen molar-refractivity contribution in [2.75, 3.05) is 13.2 Å². The van der Waals surface area contributed by atoms with Crippen LogP contribution < -0.4 is 74.4 Å². The van der Waals surface area contributed by atoms with Gasteiger partial charge in [-0.2, -0.15) is 12.1 Å². The van der Waals surface area contributed by atoms with E-state index in [1.54, 1.807) is 0 Å². The molecule has 0 bridgehead atoms. The summed E-state index contributed by atoms with van der Waals surface area (Å²) in [7, 11) is -0.522. The molecule has 0 aromatic heterocycles. The molecule has 0 saturated heterocycles. The van der Waals surface area contributed by atoms with Crippen LogP contribution in [-0.2, 0) is 88.1 Å². The van der Waals surface area contributed by atoms with Gasteiger partial charge < -0.3 is 83.9 Å². The van der Waals surface area contributed by atoms with E-state index in [2.05, 4.69) is 155 Å². The minimum absolute atomic E-state index is 0. The Kier molecular flexibility index (Phi) is 36.9. The monoisotopic (exact) mass is 1090 g/mol. The van der Waals surface area contributed by atoms with Crippen molar-refractivity contribution in [2.45, 2.75) is 40.0 Å². The Hall–Kier alpha value is 0.263. The number of hydrogen-bond donors (Lipinski definition) is 0. The first-order chi connectivity index (χ1) is 21.2. The summed E-state index contributed by atoms with van der Waals surface area (Å²) in [6.45, 7) is 14.9. The van der Waals surface area contributed by atoms with E-state index in [0.717, 1.165) is 19.0 Å². The third kappa shape index (κ3) is 19.5. The SMILES string of the molecule is C[Si](C)=CC1=CC2=CCOC2=C1.C[Si](C)=CC1=CC2=COCC2=C1.Cc1cc2ccccc2[cH-]1.Cc1cc2ccccc2[cH-]1.[Cl-].[Cl-].[Cl-].[Cl-].[Cl-].[Cl-].[Zr+4].[Zr+4].[Zr+4]. The zero-order chi connectivity index (χ0) is 31.1. The van der Waals surface area contributed by atoms with Crippen LogP contribution in [0.4, 0.5) is 0 Å². The number of benzene rings is 2. The molecule has 0 unspecified atom stereocenters. The Morgan fingerprint density at radius 3 is 1.49 bits per heavy atom. The van der Waals surface area contributed by atoms with Gasteiger partial charge in [0.25, 0.3) is 0 Å². The van der Waals surface area contributed by atoms with Crippen molar-refractivity contribution < 1.29 is 163 Å². The Balaban J connectivity index is -0.000000183. The molecule has 0 amide bonds. The minimum atomic E-state index is -0.269. The fourth-order valence-electron chi connectivity index (χ4n) is 5.53. The molecule has 0 radical (unpaired) electrons. The largest absolute Gasteiger partial charge is 4.00 e. The van der Waals surface area contributed by atoms with E-state index in [0.29, 0.717) is 0 Å². The van der Waals surface area contributed by atoms with Crippen LogP contribution in [0.25, 0.3) is 21.5 Å². The van der Waals surface area contributed by atoms with Gasteiger partial charge in [0.2, 0.25) is 0 Å². The normalized spacial score (nSPS) is 12.6. The predicted molar refractivity (Wildman–Crippen MR) is 196 cm³/mol. The first-order valence-corrected chi connectivity index (χ1v) is 20.4. The minimum Gasteiger partial charge on any atom is -1.00 e. The van der Waals surface area contributed by atoms with Crippen LogP contribution in [-0.4, -0.2) is 41.4 Å². The van der Waals surface area contributed by atoms with Crippen LogP contribution in [0.15, 0.2) is 143 Å². The van der Waals surface area contributed by atoms with Crippen molar-refractivity contribution in [3.05, 3.63) is 154 Å². The van der Waals surface area contributed by atoms with Crippen LogP contribution in [0.3, 0.4) is 0 Å². The number of aryl methyl sites for hydroxylation is 2. The number of hydrogen-bond acceptors (Lipinski definition) is 2. The van der Waals surface area contributed by atoms with Crippen molar-refractivity contribution in [1.29, 1.82) is 0 Å². The van der Waals surface area contributed by atoms with Gasteiger partial charge in [0.1, 0.15) is 19.0 Å². The molecule has 13 heteroatoms. The van der Waals surface area contributed by atoms with Crippen LogP contribution in [0, 0.1) is 13.8 Å². The van der Waals surface area contributed by atoms with Gasteiger partial charge in [-0.1, -0.05) is 63.5 Å². The molecule has 4 aromatic rings. The van der Waals surface area contributed by atoms with E-state index in [-0.39, 0.29) is 170 Å². The van der Waals surface area contributed by atoms with Gasteiger partial charge in [-0.3, -0.25) is 0 Å². The van der Waals surface area contributed by atoms with Crippen molar-refractivity contribution in [2.24, 2.45) is 0 Å². The van der Waals surface area contributed by atoms with Gasteiger partial charge in [-0.15, -0.1) is 81.2 Å². The number of rotatable bonds is 2. The van der Waals surface area contributed by atoms with Crippen molar-refractivity contribution in [1.82, 2.24) is 0 Å². The molecule has 53 heavy (non-hydrogen) atoms. The molecule has 0 fully saturated rings. The average molecular weight is 1100 g/mol. The second-order valence-electron chi connectivity index (χ2n) is 12.1. The zero-order valence-corrected chi connectivity index (χ0v) is 44.5. The first kappa shape index (κ1) is 62.5. The molecule has 272 valence electrons. The van der Waals surface area contributed by atoms with Gasteiger partial charge in [-0.25, -0.2) is 0 Å². The second kappa shape index (κ2) is 31.3. The molecule has 2 aliphatic carbocycles. The van der Waals surface area contributed by atoms with Gasteiger partial charge in [0.05, 0.1) is 6.26 Å². The maximum absolute atomic E-state index is 5.40. The summed E-state index contributed by atoms with van der Waals surface area (Å²) >= 11 is 0. The van der Waals surface area contributed by atoms with Crippen LogP contribution >= 0.6 is 0 Å². The van der Waals surface area contributed by atoms with E-state index >= 15 is 0 Å². The van der Waals surface area contributed by atoms with E-state index in [9.17, 15) is 0 Å². The molecule has 0 atom stereocenters. The summed E-state index contributed by atoms with van der Waals surface area (Å²) in [5, 5.41) is 5.39. The summed E-state index contributed by atoms with van der Waals surface area (Å²) in [5.74, 6) is 1.06. The summed E-state index contributed by atoms with van der Waals surface area (Å²) in [6, 6.07) is 25.7.